The fourth-order valence-electron chi connectivity index (χ4n) is 2.90. The minimum absolute atomic E-state index is 0.123. The first-order valence-corrected chi connectivity index (χ1v) is 7.87. The monoisotopic (exact) mass is 312 g/mol. The molecule has 1 aliphatic rings. The number of aryl methyl sites for hydroxylation is 2. The maximum atomic E-state index is 12.4. The molecule has 5 nitrogen and oxygen atoms in total. The molecule has 1 fully saturated rings. The van der Waals surface area contributed by atoms with Gasteiger partial charge in [-0.2, -0.15) is 0 Å². The average molecular weight is 312 g/mol. The van der Waals surface area contributed by atoms with Crippen molar-refractivity contribution in [3.05, 3.63) is 41.1 Å². The van der Waals surface area contributed by atoms with Crippen molar-refractivity contribution in [3.8, 4) is 0 Å². The van der Waals surface area contributed by atoms with Crippen molar-refractivity contribution < 1.29 is 14.3 Å². The molecule has 0 unspecified atom stereocenters. The second-order valence-corrected chi connectivity index (χ2v) is 6.00. The number of likely N-dealkylation sites (tertiary alicyclic amines) is 1. The Hall–Kier alpha value is -2.43. The number of hydrogen-bond acceptors (Lipinski definition) is 4. The predicted octanol–water partition coefficient (Wildman–Crippen LogP) is 2.63. The molecule has 1 aliphatic heterocycles. The molecule has 0 N–H and O–H groups in total. The summed E-state index contributed by atoms with van der Waals surface area (Å²) >= 11 is 0. The topological polar surface area (TPSA) is 59.5 Å². The first-order chi connectivity index (χ1) is 11.0. The summed E-state index contributed by atoms with van der Waals surface area (Å²) in [6.07, 6.45) is 2.04. The molecule has 0 aliphatic carbocycles. The molecule has 2 heterocycles. The molecule has 0 bridgehead atoms. The summed E-state index contributed by atoms with van der Waals surface area (Å²) in [7, 11) is 0. The number of fused-ring (bicyclic) bond motifs is 1. The lowest BCUT2D eigenvalue weighted by Crippen LogP contribution is -2.32. The van der Waals surface area contributed by atoms with Gasteiger partial charge in [-0.05, 0) is 44.9 Å². The Labute approximate surface area is 135 Å². The quantitative estimate of drug-likeness (QED) is 0.818. The van der Waals surface area contributed by atoms with Crippen LogP contribution in [0.2, 0.25) is 0 Å². The van der Waals surface area contributed by atoms with Gasteiger partial charge in [0.05, 0.1) is 11.1 Å². The van der Waals surface area contributed by atoms with E-state index in [0.717, 1.165) is 48.1 Å². The second-order valence-electron chi connectivity index (χ2n) is 6.00. The van der Waals surface area contributed by atoms with Crippen LogP contribution in [-0.4, -0.2) is 41.5 Å². The van der Waals surface area contributed by atoms with E-state index in [1.807, 2.05) is 32.0 Å². The molecule has 3 rings (SSSR count). The van der Waals surface area contributed by atoms with Gasteiger partial charge in [-0.1, -0.05) is 11.6 Å². The Balaban J connectivity index is 1.80. The molecule has 120 valence electrons. The largest absolute Gasteiger partial charge is 0.452 e. The third kappa shape index (κ3) is 3.33. The molecule has 0 atom stereocenters. The van der Waals surface area contributed by atoms with E-state index in [1.54, 1.807) is 11.0 Å². The number of nitrogens with zero attached hydrogens (tertiary/aromatic N) is 2. The first kappa shape index (κ1) is 15.5. The zero-order valence-electron chi connectivity index (χ0n) is 13.5. The second kappa shape index (κ2) is 6.36. The van der Waals surface area contributed by atoms with Crippen molar-refractivity contribution >= 4 is 22.8 Å². The van der Waals surface area contributed by atoms with Gasteiger partial charge in [0.2, 0.25) is 0 Å². The van der Waals surface area contributed by atoms with Crippen molar-refractivity contribution in [2.75, 3.05) is 19.7 Å². The van der Waals surface area contributed by atoms with Crippen LogP contribution in [0, 0.1) is 13.8 Å². The number of benzene rings is 1. The number of amides is 1. The summed E-state index contributed by atoms with van der Waals surface area (Å²) in [4.78, 5) is 30.6. The van der Waals surface area contributed by atoms with Crippen LogP contribution in [0.3, 0.4) is 0 Å². The number of rotatable bonds is 3. The van der Waals surface area contributed by atoms with Crippen molar-refractivity contribution in [2.45, 2.75) is 26.7 Å². The summed E-state index contributed by atoms with van der Waals surface area (Å²) in [5, 5.41) is 0.759. The fraction of sp³-hybridized carbons (Fsp3) is 0.389. The number of hydrogen-bond donors (Lipinski definition) is 0. The third-order valence-corrected chi connectivity index (χ3v) is 4.10. The van der Waals surface area contributed by atoms with Crippen molar-refractivity contribution in [1.29, 1.82) is 0 Å². The zero-order chi connectivity index (χ0) is 16.4. The van der Waals surface area contributed by atoms with Gasteiger partial charge in [0.25, 0.3) is 5.91 Å². The molecule has 23 heavy (non-hydrogen) atoms. The van der Waals surface area contributed by atoms with Gasteiger partial charge in [0.1, 0.15) is 0 Å². The lowest BCUT2D eigenvalue weighted by Gasteiger charge is -2.15. The highest BCUT2D eigenvalue weighted by Gasteiger charge is 2.20. The smallest absolute Gasteiger partial charge is 0.339 e. The maximum Gasteiger partial charge on any atom is 0.339 e. The molecule has 0 radical (unpaired) electrons. The minimum Gasteiger partial charge on any atom is -0.452 e. The van der Waals surface area contributed by atoms with E-state index < -0.39 is 5.97 Å². The molecule has 0 saturated carbocycles. The zero-order valence-corrected chi connectivity index (χ0v) is 13.5. The molecular weight excluding hydrogens is 292 g/mol. The van der Waals surface area contributed by atoms with E-state index in [4.69, 9.17) is 4.74 Å². The highest BCUT2D eigenvalue weighted by Crippen LogP contribution is 2.21. The highest BCUT2D eigenvalue weighted by molar-refractivity contribution is 6.04. The Morgan fingerprint density at radius 1 is 1.17 bits per heavy atom. The van der Waals surface area contributed by atoms with Gasteiger partial charge < -0.3 is 9.64 Å². The van der Waals surface area contributed by atoms with Crippen molar-refractivity contribution in [1.82, 2.24) is 9.88 Å². The first-order valence-electron chi connectivity index (χ1n) is 7.87. The summed E-state index contributed by atoms with van der Waals surface area (Å²) < 4.78 is 5.25. The normalized spacial score (nSPS) is 14.3. The summed E-state index contributed by atoms with van der Waals surface area (Å²) in [6.45, 7) is 5.12. The Kier molecular flexibility index (Phi) is 4.28. The van der Waals surface area contributed by atoms with E-state index in [1.165, 1.54) is 0 Å². The van der Waals surface area contributed by atoms with E-state index >= 15 is 0 Å². The number of aromatic nitrogens is 1. The predicted molar refractivity (Wildman–Crippen MR) is 87.3 cm³/mol. The number of pyridine rings is 1. The number of carbonyl (C=O) groups is 2. The Morgan fingerprint density at radius 2 is 1.91 bits per heavy atom. The molecule has 1 amide bonds. The standard InChI is InChI=1S/C18H20N2O3/c1-12-5-6-16-14(9-12)15(10-13(2)19-16)18(22)23-11-17(21)20-7-3-4-8-20/h5-6,9-10H,3-4,7-8,11H2,1-2H3. The van der Waals surface area contributed by atoms with E-state index in [0.29, 0.717) is 5.56 Å². The average Bonchev–Trinajstić information content (AvgIpc) is 3.06. The lowest BCUT2D eigenvalue weighted by molar-refractivity contribution is -0.133. The van der Waals surface area contributed by atoms with Gasteiger partial charge in [0, 0.05) is 24.2 Å². The van der Waals surface area contributed by atoms with Crippen molar-refractivity contribution in [2.24, 2.45) is 0 Å². The molecule has 1 aromatic heterocycles. The summed E-state index contributed by atoms with van der Waals surface area (Å²) in [5.74, 6) is -0.597. The van der Waals surface area contributed by atoms with Crippen LogP contribution in [0.25, 0.3) is 10.9 Å². The van der Waals surface area contributed by atoms with Gasteiger partial charge in [-0.25, -0.2) is 4.79 Å². The molecule has 1 aromatic carbocycles. The van der Waals surface area contributed by atoms with Crippen LogP contribution in [-0.2, 0) is 9.53 Å². The maximum absolute atomic E-state index is 12.4. The van der Waals surface area contributed by atoms with Gasteiger partial charge in [0.15, 0.2) is 6.61 Å². The van der Waals surface area contributed by atoms with E-state index in [2.05, 4.69) is 4.98 Å². The summed E-state index contributed by atoms with van der Waals surface area (Å²) in [6, 6.07) is 7.48. The minimum atomic E-state index is -0.473. The van der Waals surface area contributed by atoms with Crippen molar-refractivity contribution in [3.63, 3.8) is 0 Å². The highest BCUT2D eigenvalue weighted by atomic mass is 16.5. The van der Waals surface area contributed by atoms with Gasteiger partial charge in [-0.15, -0.1) is 0 Å². The molecule has 0 spiro atoms. The van der Waals surface area contributed by atoms with E-state index in [-0.39, 0.29) is 12.5 Å². The number of ether oxygens (including phenoxy) is 1. The van der Waals surface area contributed by atoms with Crippen LogP contribution in [0.4, 0.5) is 0 Å². The molecule has 5 heteroatoms. The van der Waals surface area contributed by atoms with Crippen LogP contribution in [0.15, 0.2) is 24.3 Å². The van der Waals surface area contributed by atoms with Crippen LogP contribution >= 0.6 is 0 Å². The van der Waals surface area contributed by atoms with E-state index in [9.17, 15) is 9.59 Å². The molecule has 1 saturated heterocycles. The van der Waals surface area contributed by atoms with Gasteiger partial charge in [-0.3, -0.25) is 9.78 Å². The Bertz CT molecular complexity index is 764. The summed E-state index contributed by atoms with van der Waals surface area (Å²) in [5.41, 5.74) is 3.02. The molecular formula is C18H20N2O3. The number of carbonyl (C=O) groups excluding carboxylic acids is 2. The fourth-order valence-corrected chi connectivity index (χ4v) is 2.90. The third-order valence-electron chi connectivity index (χ3n) is 4.10. The van der Waals surface area contributed by atoms with Crippen LogP contribution < -0.4 is 0 Å². The lowest BCUT2D eigenvalue weighted by atomic mass is 10.1. The number of esters is 1. The van der Waals surface area contributed by atoms with Crippen LogP contribution in [0.5, 0.6) is 0 Å². The molecule has 2 aromatic rings. The Morgan fingerprint density at radius 3 is 2.65 bits per heavy atom. The van der Waals surface area contributed by atoms with Crippen LogP contribution in [0.1, 0.15) is 34.5 Å². The SMILES string of the molecule is Cc1ccc2nc(C)cc(C(=O)OCC(=O)N3CCCC3)c2c1. The van der Waals surface area contributed by atoms with Gasteiger partial charge >= 0.3 is 5.97 Å².